The molecule has 0 rings (SSSR count). The third kappa shape index (κ3) is 54.0. The number of carbonyl (C=O) groups is 4. The van der Waals surface area contributed by atoms with Crippen LogP contribution >= 0.6 is 15.6 Å². The van der Waals surface area contributed by atoms with Crippen LogP contribution in [0.25, 0.3) is 0 Å². The van der Waals surface area contributed by atoms with Gasteiger partial charge >= 0.3 is 39.5 Å². The number of aliphatic hydroxyl groups excluding tert-OH is 1. The molecule has 0 heterocycles. The molecule has 19 heteroatoms. The van der Waals surface area contributed by atoms with Crippen molar-refractivity contribution in [3.63, 3.8) is 0 Å². The summed E-state index contributed by atoms with van der Waals surface area (Å²) in [6, 6.07) is 0. The molecule has 0 radical (unpaired) electrons. The number of esters is 4. The molecule has 474 valence electrons. The van der Waals surface area contributed by atoms with E-state index in [4.69, 9.17) is 37.0 Å². The van der Waals surface area contributed by atoms with Crippen molar-refractivity contribution in [3.05, 3.63) is 0 Å². The molecule has 0 aliphatic heterocycles. The largest absolute Gasteiger partial charge is 0.472 e. The number of phosphoric acid groups is 2. The van der Waals surface area contributed by atoms with Gasteiger partial charge in [0.1, 0.15) is 19.3 Å². The number of hydrogen-bond acceptors (Lipinski definition) is 15. The molecular formula is C61H118O17P2. The van der Waals surface area contributed by atoms with Crippen LogP contribution in [0.1, 0.15) is 304 Å². The Bertz CT molecular complexity index is 1570. The second-order valence-electron chi connectivity index (χ2n) is 22.3. The van der Waals surface area contributed by atoms with E-state index in [9.17, 15) is 43.2 Å². The second-order valence-corrected chi connectivity index (χ2v) is 25.2. The normalized spacial score (nSPS) is 14.7. The van der Waals surface area contributed by atoms with E-state index in [1.807, 2.05) is 0 Å². The van der Waals surface area contributed by atoms with E-state index in [0.29, 0.717) is 25.7 Å². The number of carbonyl (C=O) groups excluding carboxylic acids is 4. The Kier molecular flexibility index (Phi) is 53.6. The molecule has 0 aliphatic carbocycles. The summed E-state index contributed by atoms with van der Waals surface area (Å²) in [4.78, 5) is 71.7. The van der Waals surface area contributed by atoms with Gasteiger partial charge in [0.15, 0.2) is 12.2 Å². The maximum absolute atomic E-state index is 12.9. The molecule has 0 saturated carbocycles. The summed E-state index contributed by atoms with van der Waals surface area (Å²) in [6.07, 6.45) is 38.0. The van der Waals surface area contributed by atoms with Crippen LogP contribution in [0, 0.1) is 5.92 Å². The van der Waals surface area contributed by atoms with Gasteiger partial charge in [0.25, 0.3) is 0 Å². The summed E-state index contributed by atoms with van der Waals surface area (Å²) < 4.78 is 67.6. The Morgan fingerprint density at radius 1 is 0.350 bits per heavy atom. The van der Waals surface area contributed by atoms with Crippen molar-refractivity contribution in [2.75, 3.05) is 39.6 Å². The third-order valence-corrected chi connectivity index (χ3v) is 16.3. The first-order chi connectivity index (χ1) is 38.6. The topological polar surface area (TPSA) is 237 Å². The van der Waals surface area contributed by atoms with Crippen LogP contribution in [0.4, 0.5) is 0 Å². The van der Waals surface area contributed by atoms with Crippen molar-refractivity contribution >= 4 is 39.5 Å². The average Bonchev–Trinajstić information content (AvgIpc) is 3.43. The highest BCUT2D eigenvalue weighted by Gasteiger charge is 2.30. The van der Waals surface area contributed by atoms with Gasteiger partial charge in [-0.1, -0.05) is 253 Å². The predicted molar refractivity (Wildman–Crippen MR) is 317 cm³/mol. The van der Waals surface area contributed by atoms with Crippen LogP contribution < -0.4 is 0 Å². The Balaban J connectivity index is 5.10. The zero-order valence-electron chi connectivity index (χ0n) is 51.2. The summed E-state index contributed by atoms with van der Waals surface area (Å²) in [7, 11) is -9.86. The summed E-state index contributed by atoms with van der Waals surface area (Å²) in [6.45, 7) is 7.09. The monoisotopic (exact) mass is 1180 g/mol. The number of unbranched alkanes of at least 4 members (excludes halogenated alkanes) is 32. The predicted octanol–water partition coefficient (Wildman–Crippen LogP) is 16.6. The Morgan fingerprint density at radius 2 is 0.600 bits per heavy atom. The van der Waals surface area contributed by atoms with Gasteiger partial charge in [-0.3, -0.25) is 37.3 Å². The number of phosphoric ester groups is 2. The fourth-order valence-corrected chi connectivity index (χ4v) is 10.6. The zero-order valence-corrected chi connectivity index (χ0v) is 53.0. The summed E-state index contributed by atoms with van der Waals surface area (Å²) >= 11 is 0. The first-order valence-corrected chi connectivity index (χ1v) is 35.2. The maximum Gasteiger partial charge on any atom is 0.472 e. The highest BCUT2D eigenvalue weighted by molar-refractivity contribution is 7.47. The van der Waals surface area contributed by atoms with Crippen LogP contribution in [-0.4, -0.2) is 96.7 Å². The molecule has 3 N–H and O–H groups in total. The molecule has 0 fully saturated rings. The molecule has 17 nitrogen and oxygen atoms in total. The Morgan fingerprint density at radius 3 is 0.887 bits per heavy atom. The summed E-state index contributed by atoms with van der Waals surface area (Å²) in [5.41, 5.74) is 0. The van der Waals surface area contributed by atoms with Gasteiger partial charge in [0.2, 0.25) is 0 Å². The SMILES string of the molecule is CCCCCCCCCCCC(=O)OC[C@H](COP(=O)(O)OC[C@@H](O)COP(=O)(O)OC[C@@H](COC(=O)CCCCCCC)OC(=O)CCCCCCCCCC)OC(=O)CCCCCCCCCCCCCCCCC(C)CC. The molecule has 0 saturated heterocycles. The van der Waals surface area contributed by atoms with Crippen molar-refractivity contribution in [1.82, 2.24) is 0 Å². The molecule has 0 aromatic heterocycles. The first kappa shape index (κ1) is 78.1. The minimum Gasteiger partial charge on any atom is -0.462 e. The molecule has 80 heavy (non-hydrogen) atoms. The van der Waals surface area contributed by atoms with E-state index < -0.39 is 97.5 Å². The quantitative estimate of drug-likeness (QED) is 0.0222. The molecule has 0 aromatic rings. The number of rotatable bonds is 61. The van der Waals surface area contributed by atoms with Crippen molar-refractivity contribution < 1.29 is 80.2 Å². The van der Waals surface area contributed by atoms with Gasteiger partial charge in [-0.2, -0.15) is 0 Å². The number of ether oxygens (including phenoxy) is 4. The van der Waals surface area contributed by atoms with Crippen molar-refractivity contribution in [3.8, 4) is 0 Å². The van der Waals surface area contributed by atoms with Gasteiger partial charge in [0, 0.05) is 25.7 Å². The molecular weight excluding hydrogens is 1070 g/mol. The maximum atomic E-state index is 12.9. The lowest BCUT2D eigenvalue weighted by molar-refractivity contribution is -0.161. The molecule has 0 aliphatic rings. The minimum absolute atomic E-state index is 0.104. The first-order valence-electron chi connectivity index (χ1n) is 32.2. The Hall–Kier alpha value is -1.94. The smallest absolute Gasteiger partial charge is 0.462 e. The van der Waals surface area contributed by atoms with Crippen LogP contribution in [0.15, 0.2) is 0 Å². The van der Waals surface area contributed by atoms with Gasteiger partial charge in [-0.15, -0.1) is 0 Å². The summed E-state index contributed by atoms with van der Waals surface area (Å²) in [5, 5.41) is 10.5. The standard InChI is InChI=1S/C61H118O17P2/c1-6-10-13-16-18-26-31-35-40-45-59(64)72-51-57(78-61(66)47-42-37-32-28-25-23-21-20-22-24-27-29-34-38-43-54(5)9-4)53-76-80(69,70)74-49-55(62)48-73-79(67,68)75-52-56(50-71-58(63)44-39-33-15-12-8-3)77-60(65)46-41-36-30-19-17-14-11-7-2/h54-57,62H,6-53H2,1-5H3,(H,67,68)(H,69,70)/t54?,55-,56+,57+/m0/s1. The van der Waals surface area contributed by atoms with E-state index in [-0.39, 0.29) is 25.7 Å². The highest BCUT2D eigenvalue weighted by atomic mass is 31.2. The molecule has 0 bridgehead atoms. The van der Waals surface area contributed by atoms with Gasteiger partial charge < -0.3 is 33.8 Å². The van der Waals surface area contributed by atoms with E-state index in [1.54, 1.807) is 0 Å². The fourth-order valence-electron chi connectivity index (χ4n) is 9.02. The van der Waals surface area contributed by atoms with Crippen LogP contribution in [0.5, 0.6) is 0 Å². The van der Waals surface area contributed by atoms with Gasteiger partial charge in [0.05, 0.1) is 26.4 Å². The lowest BCUT2D eigenvalue weighted by Crippen LogP contribution is -2.30. The zero-order chi connectivity index (χ0) is 59.2. The van der Waals surface area contributed by atoms with Crippen LogP contribution in [0.2, 0.25) is 0 Å². The fraction of sp³-hybridized carbons (Fsp3) is 0.934. The van der Waals surface area contributed by atoms with E-state index in [2.05, 4.69) is 34.6 Å². The van der Waals surface area contributed by atoms with E-state index in [0.717, 1.165) is 109 Å². The van der Waals surface area contributed by atoms with Gasteiger partial charge in [-0.25, -0.2) is 9.13 Å². The molecule has 3 unspecified atom stereocenters. The number of aliphatic hydroxyl groups is 1. The lowest BCUT2D eigenvalue weighted by atomic mass is 9.99. The van der Waals surface area contributed by atoms with Crippen molar-refractivity contribution in [2.24, 2.45) is 5.92 Å². The van der Waals surface area contributed by atoms with Crippen LogP contribution in [-0.2, 0) is 65.4 Å². The summed E-state index contributed by atoms with van der Waals surface area (Å²) in [5.74, 6) is -1.31. The van der Waals surface area contributed by atoms with Crippen LogP contribution in [0.3, 0.4) is 0 Å². The van der Waals surface area contributed by atoms with Gasteiger partial charge in [-0.05, 0) is 31.6 Å². The van der Waals surface area contributed by atoms with Crippen molar-refractivity contribution in [1.29, 1.82) is 0 Å². The lowest BCUT2D eigenvalue weighted by Gasteiger charge is -2.21. The molecule has 0 aromatic carbocycles. The minimum atomic E-state index is -4.94. The molecule has 6 atom stereocenters. The van der Waals surface area contributed by atoms with E-state index >= 15 is 0 Å². The third-order valence-electron chi connectivity index (χ3n) is 14.4. The molecule has 0 amide bonds. The second kappa shape index (κ2) is 55.0. The Labute approximate surface area is 486 Å². The average molecular weight is 1190 g/mol. The van der Waals surface area contributed by atoms with Crippen molar-refractivity contribution in [2.45, 2.75) is 323 Å². The number of hydrogen-bond donors (Lipinski definition) is 3. The molecule has 0 spiro atoms. The highest BCUT2D eigenvalue weighted by Crippen LogP contribution is 2.45. The van der Waals surface area contributed by atoms with E-state index in [1.165, 1.54) is 116 Å².